The fourth-order valence-corrected chi connectivity index (χ4v) is 2.11. The molecule has 4 nitrogen and oxygen atoms in total. The van der Waals surface area contributed by atoms with Crippen LogP contribution in [-0.2, 0) is 6.42 Å². The smallest absolute Gasteiger partial charge is 0.323 e. The lowest BCUT2D eigenvalue weighted by Crippen LogP contribution is -2.19. The molecule has 0 aliphatic carbocycles. The van der Waals surface area contributed by atoms with Gasteiger partial charge in [-0.05, 0) is 52.2 Å². The standard InChI is InChI=1S/C15H15BrN2O2/c16-13-3-1-2-4-14(13)18-15(20)17-12-7-5-11(6-8-12)9-10-19/h1-8,19H,9-10H2,(H2,17,18,20). The van der Waals surface area contributed by atoms with Crippen LogP contribution in [0.25, 0.3) is 0 Å². The molecular formula is C15H15BrN2O2. The number of para-hydroxylation sites is 1. The van der Waals surface area contributed by atoms with Crippen LogP contribution in [0, 0.1) is 0 Å². The van der Waals surface area contributed by atoms with Crippen molar-refractivity contribution < 1.29 is 9.90 Å². The molecule has 0 aliphatic heterocycles. The SMILES string of the molecule is O=C(Nc1ccc(CCO)cc1)Nc1ccccc1Br. The van der Waals surface area contributed by atoms with Crippen molar-refractivity contribution in [3.05, 3.63) is 58.6 Å². The molecule has 0 fully saturated rings. The molecule has 0 aliphatic rings. The van der Waals surface area contributed by atoms with E-state index in [-0.39, 0.29) is 12.6 Å². The van der Waals surface area contributed by atoms with Crippen molar-refractivity contribution in [3.63, 3.8) is 0 Å². The highest BCUT2D eigenvalue weighted by Crippen LogP contribution is 2.21. The van der Waals surface area contributed by atoms with Crippen LogP contribution in [0.5, 0.6) is 0 Å². The van der Waals surface area contributed by atoms with E-state index in [2.05, 4.69) is 26.6 Å². The Morgan fingerprint density at radius 1 is 1.05 bits per heavy atom. The molecule has 104 valence electrons. The van der Waals surface area contributed by atoms with Gasteiger partial charge in [-0.2, -0.15) is 0 Å². The summed E-state index contributed by atoms with van der Waals surface area (Å²) >= 11 is 3.37. The number of hydrogen-bond donors (Lipinski definition) is 3. The lowest BCUT2D eigenvalue weighted by molar-refractivity contribution is 0.262. The van der Waals surface area contributed by atoms with Gasteiger partial charge in [-0.3, -0.25) is 0 Å². The van der Waals surface area contributed by atoms with Crippen molar-refractivity contribution in [1.82, 2.24) is 0 Å². The van der Waals surface area contributed by atoms with Crippen LogP contribution < -0.4 is 10.6 Å². The quantitative estimate of drug-likeness (QED) is 0.799. The lowest BCUT2D eigenvalue weighted by atomic mass is 10.1. The summed E-state index contributed by atoms with van der Waals surface area (Å²) in [5.41, 5.74) is 2.45. The van der Waals surface area contributed by atoms with Crippen molar-refractivity contribution in [3.8, 4) is 0 Å². The molecule has 0 bridgehead atoms. The Balaban J connectivity index is 1.96. The van der Waals surface area contributed by atoms with E-state index in [0.29, 0.717) is 17.8 Å². The fraction of sp³-hybridized carbons (Fsp3) is 0.133. The van der Waals surface area contributed by atoms with Gasteiger partial charge in [-0.25, -0.2) is 4.79 Å². The van der Waals surface area contributed by atoms with Gasteiger partial charge in [-0.15, -0.1) is 0 Å². The van der Waals surface area contributed by atoms with Gasteiger partial charge in [0, 0.05) is 16.8 Å². The van der Waals surface area contributed by atoms with Crippen LogP contribution in [-0.4, -0.2) is 17.7 Å². The van der Waals surface area contributed by atoms with Gasteiger partial charge < -0.3 is 15.7 Å². The number of amides is 2. The van der Waals surface area contributed by atoms with Crippen molar-refractivity contribution >= 4 is 33.3 Å². The van der Waals surface area contributed by atoms with Crippen LogP contribution in [0.3, 0.4) is 0 Å². The van der Waals surface area contributed by atoms with Crippen LogP contribution in [0.4, 0.5) is 16.2 Å². The number of aliphatic hydroxyl groups is 1. The summed E-state index contributed by atoms with van der Waals surface area (Å²) in [6, 6.07) is 14.5. The van der Waals surface area contributed by atoms with Gasteiger partial charge in [0.2, 0.25) is 0 Å². The minimum atomic E-state index is -0.299. The highest BCUT2D eigenvalue weighted by Gasteiger charge is 2.05. The molecule has 0 saturated heterocycles. The second-order valence-electron chi connectivity index (χ2n) is 4.23. The number of carbonyl (C=O) groups is 1. The van der Waals surface area contributed by atoms with Gasteiger partial charge in [0.05, 0.1) is 5.69 Å². The minimum absolute atomic E-state index is 0.120. The molecule has 0 atom stereocenters. The predicted molar refractivity (Wildman–Crippen MR) is 84.0 cm³/mol. The highest BCUT2D eigenvalue weighted by molar-refractivity contribution is 9.10. The van der Waals surface area contributed by atoms with E-state index in [9.17, 15) is 4.79 Å². The van der Waals surface area contributed by atoms with Crippen LogP contribution in [0.2, 0.25) is 0 Å². The number of nitrogens with one attached hydrogen (secondary N) is 2. The number of benzene rings is 2. The van der Waals surface area contributed by atoms with Gasteiger partial charge in [0.1, 0.15) is 0 Å². The van der Waals surface area contributed by atoms with Gasteiger partial charge in [0.25, 0.3) is 0 Å². The topological polar surface area (TPSA) is 61.4 Å². The van der Waals surface area contributed by atoms with Crippen LogP contribution in [0.1, 0.15) is 5.56 Å². The largest absolute Gasteiger partial charge is 0.396 e. The Hall–Kier alpha value is -1.85. The van der Waals surface area contributed by atoms with E-state index in [4.69, 9.17) is 5.11 Å². The normalized spacial score (nSPS) is 10.1. The molecule has 5 heteroatoms. The third-order valence-electron chi connectivity index (χ3n) is 2.73. The molecule has 0 spiro atoms. The monoisotopic (exact) mass is 334 g/mol. The van der Waals surface area contributed by atoms with Gasteiger partial charge in [0.15, 0.2) is 0 Å². The Labute approximate surface area is 126 Å². The summed E-state index contributed by atoms with van der Waals surface area (Å²) in [6.45, 7) is 0.120. The molecule has 2 aromatic carbocycles. The maximum absolute atomic E-state index is 11.9. The first-order valence-corrected chi connectivity index (χ1v) is 7.00. The summed E-state index contributed by atoms with van der Waals surface area (Å²) in [6.07, 6.45) is 0.615. The second-order valence-corrected chi connectivity index (χ2v) is 5.08. The van der Waals surface area contributed by atoms with E-state index >= 15 is 0 Å². The second kappa shape index (κ2) is 7.07. The molecule has 3 N–H and O–H groups in total. The Bertz CT molecular complexity index is 585. The van der Waals surface area contributed by atoms with E-state index in [1.54, 1.807) is 0 Å². The molecule has 0 saturated carbocycles. The zero-order valence-electron chi connectivity index (χ0n) is 10.8. The molecule has 0 radical (unpaired) electrons. The molecule has 2 amide bonds. The maximum atomic E-state index is 11.9. The molecule has 0 unspecified atom stereocenters. The first-order chi connectivity index (χ1) is 9.69. The Morgan fingerprint density at radius 2 is 1.75 bits per heavy atom. The summed E-state index contributed by atoms with van der Waals surface area (Å²) in [4.78, 5) is 11.9. The maximum Gasteiger partial charge on any atom is 0.323 e. The van der Waals surface area contributed by atoms with Crippen molar-refractivity contribution in [2.24, 2.45) is 0 Å². The number of anilines is 2. The average Bonchev–Trinajstić information content (AvgIpc) is 2.44. The number of halogens is 1. The Kier molecular flexibility index (Phi) is 5.15. The van der Waals surface area contributed by atoms with Crippen LogP contribution in [0.15, 0.2) is 53.0 Å². The highest BCUT2D eigenvalue weighted by atomic mass is 79.9. The number of carbonyl (C=O) groups excluding carboxylic acids is 1. The molecule has 0 heterocycles. The van der Waals surface area contributed by atoms with Crippen LogP contribution >= 0.6 is 15.9 Å². The number of hydrogen-bond acceptors (Lipinski definition) is 2. The summed E-state index contributed by atoms with van der Waals surface area (Å²) < 4.78 is 0.827. The number of aliphatic hydroxyl groups excluding tert-OH is 1. The fourth-order valence-electron chi connectivity index (χ4n) is 1.73. The van der Waals surface area contributed by atoms with E-state index in [0.717, 1.165) is 10.0 Å². The third kappa shape index (κ3) is 4.08. The van der Waals surface area contributed by atoms with E-state index in [1.807, 2.05) is 48.5 Å². The summed E-state index contributed by atoms with van der Waals surface area (Å²) in [5, 5.41) is 14.4. The molecule has 2 rings (SSSR count). The van der Waals surface area contributed by atoms with Gasteiger partial charge in [-0.1, -0.05) is 24.3 Å². The molecular weight excluding hydrogens is 320 g/mol. The predicted octanol–water partition coefficient (Wildman–Crippen LogP) is 3.63. The zero-order valence-corrected chi connectivity index (χ0v) is 12.4. The zero-order chi connectivity index (χ0) is 14.4. The average molecular weight is 335 g/mol. The Morgan fingerprint density at radius 3 is 2.40 bits per heavy atom. The number of rotatable bonds is 4. The first-order valence-electron chi connectivity index (χ1n) is 6.21. The summed E-state index contributed by atoms with van der Waals surface area (Å²) in [5.74, 6) is 0. The van der Waals surface area contributed by atoms with Crippen molar-refractivity contribution in [2.75, 3.05) is 17.2 Å². The number of urea groups is 1. The van der Waals surface area contributed by atoms with E-state index < -0.39 is 0 Å². The molecule has 20 heavy (non-hydrogen) atoms. The lowest BCUT2D eigenvalue weighted by Gasteiger charge is -2.09. The minimum Gasteiger partial charge on any atom is -0.396 e. The van der Waals surface area contributed by atoms with Crippen molar-refractivity contribution in [2.45, 2.75) is 6.42 Å². The summed E-state index contributed by atoms with van der Waals surface area (Å²) in [7, 11) is 0. The van der Waals surface area contributed by atoms with E-state index in [1.165, 1.54) is 0 Å². The third-order valence-corrected chi connectivity index (χ3v) is 3.43. The van der Waals surface area contributed by atoms with Gasteiger partial charge >= 0.3 is 6.03 Å². The molecule has 2 aromatic rings. The van der Waals surface area contributed by atoms with Crippen molar-refractivity contribution in [1.29, 1.82) is 0 Å². The first kappa shape index (κ1) is 14.6. The molecule has 0 aromatic heterocycles.